The molecule has 2 amide bonds. The Morgan fingerprint density at radius 1 is 0.951 bits per heavy atom. The standard InChI is InChI=1S/C32H42FN3O4S/c1-4-29(31(38)34-5-2)35(20-22-6-10-27(33)11-7-22)30(37)21-36(41(3,39)40)28-12-8-26(9-13-28)32-17-23-14-24(18-32)16-25(15-23)19-32/h6-13,23-25,29H,4-5,14-21H2,1-3H3,(H,34,38). The molecule has 0 heterocycles. The smallest absolute Gasteiger partial charge is 0.244 e. The molecule has 4 fully saturated rings. The maximum absolute atomic E-state index is 13.8. The molecule has 1 N–H and O–H groups in total. The maximum atomic E-state index is 13.8. The summed E-state index contributed by atoms with van der Waals surface area (Å²) >= 11 is 0. The number of anilines is 1. The van der Waals surface area contributed by atoms with E-state index in [1.807, 2.05) is 19.1 Å². The largest absolute Gasteiger partial charge is 0.355 e. The summed E-state index contributed by atoms with van der Waals surface area (Å²) in [6.07, 6.45) is 9.13. The second-order valence-corrected chi connectivity index (χ2v) is 14.4. The third-order valence-corrected chi connectivity index (χ3v) is 10.6. The van der Waals surface area contributed by atoms with Crippen LogP contribution in [0.15, 0.2) is 48.5 Å². The fraction of sp³-hybridized carbons (Fsp3) is 0.562. The van der Waals surface area contributed by atoms with Gasteiger partial charge in [-0.2, -0.15) is 0 Å². The zero-order valence-corrected chi connectivity index (χ0v) is 25.1. The van der Waals surface area contributed by atoms with E-state index < -0.39 is 34.3 Å². The molecule has 2 aromatic rings. The zero-order chi connectivity index (χ0) is 29.4. The molecular weight excluding hydrogens is 541 g/mol. The Kier molecular flexibility index (Phi) is 8.46. The summed E-state index contributed by atoms with van der Waals surface area (Å²) in [5, 5.41) is 2.78. The molecule has 4 bridgehead atoms. The fourth-order valence-electron chi connectivity index (χ4n) is 8.06. The summed E-state index contributed by atoms with van der Waals surface area (Å²) in [5.41, 5.74) is 2.54. The summed E-state index contributed by atoms with van der Waals surface area (Å²) in [5.74, 6) is 1.20. The Hall–Kier alpha value is -2.94. The molecule has 4 aliphatic rings. The molecule has 7 nitrogen and oxygen atoms in total. The van der Waals surface area contributed by atoms with E-state index in [0.717, 1.165) is 28.3 Å². The van der Waals surface area contributed by atoms with Gasteiger partial charge < -0.3 is 10.2 Å². The molecule has 0 aromatic heterocycles. The second-order valence-electron chi connectivity index (χ2n) is 12.5. The van der Waals surface area contributed by atoms with Gasteiger partial charge in [-0.05, 0) is 110 Å². The van der Waals surface area contributed by atoms with Crippen LogP contribution in [0, 0.1) is 23.6 Å². The minimum atomic E-state index is -3.81. The highest BCUT2D eigenvalue weighted by Gasteiger charge is 2.51. The average molecular weight is 584 g/mol. The minimum absolute atomic E-state index is 0.0529. The molecule has 9 heteroatoms. The van der Waals surface area contributed by atoms with Crippen molar-refractivity contribution < 1.29 is 22.4 Å². The molecule has 2 aromatic carbocycles. The number of amides is 2. The minimum Gasteiger partial charge on any atom is -0.355 e. The lowest BCUT2D eigenvalue weighted by atomic mass is 9.48. The fourth-order valence-corrected chi connectivity index (χ4v) is 8.91. The number of benzene rings is 2. The van der Waals surface area contributed by atoms with E-state index in [0.29, 0.717) is 24.2 Å². The number of hydrogen-bond acceptors (Lipinski definition) is 4. The summed E-state index contributed by atoms with van der Waals surface area (Å²) in [4.78, 5) is 28.1. The molecule has 41 heavy (non-hydrogen) atoms. The van der Waals surface area contributed by atoms with E-state index in [9.17, 15) is 22.4 Å². The van der Waals surface area contributed by atoms with Gasteiger partial charge in [0, 0.05) is 13.1 Å². The first-order valence-electron chi connectivity index (χ1n) is 14.9. The molecule has 1 atom stereocenters. The van der Waals surface area contributed by atoms with Crippen LogP contribution in [-0.4, -0.2) is 50.5 Å². The van der Waals surface area contributed by atoms with Gasteiger partial charge in [-0.15, -0.1) is 0 Å². The van der Waals surface area contributed by atoms with E-state index in [1.165, 1.54) is 61.1 Å². The highest BCUT2D eigenvalue weighted by Crippen LogP contribution is 2.60. The number of halogens is 1. The van der Waals surface area contributed by atoms with Crippen molar-refractivity contribution in [3.63, 3.8) is 0 Å². The predicted molar refractivity (Wildman–Crippen MR) is 158 cm³/mol. The van der Waals surface area contributed by atoms with Crippen LogP contribution in [-0.2, 0) is 31.6 Å². The maximum Gasteiger partial charge on any atom is 0.244 e. The van der Waals surface area contributed by atoms with E-state index in [4.69, 9.17) is 0 Å². The van der Waals surface area contributed by atoms with Crippen molar-refractivity contribution in [2.75, 3.05) is 23.7 Å². The summed E-state index contributed by atoms with van der Waals surface area (Å²) in [7, 11) is -3.81. The van der Waals surface area contributed by atoms with Gasteiger partial charge in [0.25, 0.3) is 0 Å². The van der Waals surface area contributed by atoms with E-state index in [2.05, 4.69) is 17.4 Å². The normalized spacial score (nSPS) is 25.5. The quantitative estimate of drug-likeness (QED) is 0.403. The molecule has 222 valence electrons. The van der Waals surface area contributed by atoms with Crippen LogP contribution in [0.3, 0.4) is 0 Å². The van der Waals surface area contributed by atoms with Crippen LogP contribution in [0.1, 0.15) is 69.9 Å². The lowest BCUT2D eigenvalue weighted by Gasteiger charge is -2.57. The number of nitrogens with one attached hydrogen (secondary N) is 1. The Morgan fingerprint density at radius 3 is 2.00 bits per heavy atom. The van der Waals surface area contributed by atoms with Gasteiger partial charge in [0.1, 0.15) is 18.4 Å². The number of nitrogens with zero attached hydrogens (tertiary/aromatic N) is 2. The molecule has 4 aliphatic carbocycles. The molecule has 0 radical (unpaired) electrons. The predicted octanol–water partition coefficient (Wildman–Crippen LogP) is 5.00. The Morgan fingerprint density at radius 2 is 1.51 bits per heavy atom. The Labute approximate surface area is 243 Å². The monoisotopic (exact) mass is 583 g/mol. The number of carbonyl (C=O) groups is 2. The number of sulfonamides is 1. The third kappa shape index (κ3) is 6.30. The van der Waals surface area contributed by atoms with Crippen molar-refractivity contribution >= 4 is 27.5 Å². The molecular formula is C32H42FN3O4S. The van der Waals surface area contributed by atoms with Gasteiger partial charge in [0.2, 0.25) is 21.8 Å². The van der Waals surface area contributed by atoms with Gasteiger partial charge >= 0.3 is 0 Å². The first-order valence-corrected chi connectivity index (χ1v) is 16.8. The van der Waals surface area contributed by atoms with Gasteiger partial charge in [-0.1, -0.05) is 31.2 Å². The average Bonchev–Trinajstić information content (AvgIpc) is 2.91. The van der Waals surface area contributed by atoms with Crippen molar-refractivity contribution in [2.24, 2.45) is 17.8 Å². The van der Waals surface area contributed by atoms with Crippen molar-refractivity contribution in [1.82, 2.24) is 10.2 Å². The van der Waals surface area contributed by atoms with Crippen molar-refractivity contribution in [1.29, 1.82) is 0 Å². The van der Waals surface area contributed by atoms with E-state index in [1.54, 1.807) is 19.1 Å². The van der Waals surface area contributed by atoms with Crippen LogP contribution >= 0.6 is 0 Å². The van der Waals surface area contributed by atoms with Gasteiger partial charge in [-0.25, -0.2) is 12.8 Å². The van der Waals surface area contributed by atoms with Gasteiger partial charge in [-0.3, -0.25) is 13.9 Å². The Balaban J connectivity index is 1.40. The lowest BCUT2D eigenvalue weighted by Crippen LogP contribution is -2.52. The van der Waals surface area contributed by atoms with Crippen LogP contribution in [0.25, 0.3) is 0 Å². The van der Waals surface area contributed by atoms with E-state index in [-0.39, 0.29) is 17.9 Å². The first kappa shape index (κ1) is 29.5. The molecule has 0 aliphatic heterocycles. The van der Waals surface area contributed by atoms with Gasteiger partial charge in [0.15, 0.2) is 0 Å². The molecule has 6 rings (SSSR count). The van der Waals surface area contributed by atoms with Crippen LogP contribution in [0.5, 0.6) is 0 Å². The van der Waals surface area contributed by atoms with Crippen LogP contribution in [0.4, 0.5) is 10.1 Å². The van der Waals surface area contributed by atoms with Crippen LogP contribution < -0.4 is 9.62 Å². The number of carbonyl (C=O) groups excluding carboxylic acids is 2. The topological polar surface area (TPSA) is 86.8 Å². The first-order chi connectivity index (χ1) is 19.5. The molecule has 0 saturated heterocycles. The zero-order valence-electron chi connectivity index (χ0n) is 24.3. The lowest BCUT2D eigenvalue weighted by molar-refractivity contribution is -0.140. The summed E-state index contributed by atoms with van der Waals surface area (Å²) < 4.78 is 40.7. The highest BCUT2D eigenvalue weighted by atomic mass is 32.2. The third-order valence-electron chi connectivity index (χ3n) is 9.49. The van der Waals surface area contributed by atoms with Gasteiger partial charge in [0.05, 0.1) is 11.9 Å². The number of hydrogen-bond donors (Lipinski definition) is 1. The SMILES string of the molecule is CCNC(=O)C(CC)N(Cc1ccc(F)cc1)C(=O)CN(c1ccc(C23CC4CC(CC(C4)C2)C3)cc1)S(C)(=O)=O. The van der Waals surface area contributed by atoms with E-state index >= 15 is 0 Å². The van der Waals surface area contributed by atoms with Crippen LogP contribution in [0.2, 0.25) is 0 Å². The molecule has 1 unspecified atom stereocenters. The van der Waals surface area contributed by atoms with Crippen molar-refractivity contribution in [3.05, 3.63) is 65.5 Å². The number of rotatable bonds is 11. The summed E-state index contributed by atoms with van der Waals surface area (Å²) in [6.45, 7) is 3.63. The summed E-state index contributed by atoms with van der Waals surface area (Å²) in [6, 6.07) is 12.7. The second kappa shape index (κ2) is 11.7. The Bertz CT molecular complexity index is 1330. The highest BCUT2D eigenvalue weighted by molar-refractivity contribution is 7.92. The molecule has 4 saturated carbocycles. The van der Waals surface area contributed by atoms with Crippen molar-refractivity contribution in [2.45, 2.75) is 76.8 Å². The van der Waals surface area contributed by atoms with Crippen molar-refractivity contribution in [3.8, 4) is 0 Å². The molecule has 0 spiro atoms. The number of likely N-dealkylation sites (N-methyl/N-ethyl adjacent to an activating group) is 1.